The third-order valence-electron chi connectivity index (χ3n) is 2.81. The van der Waals surface area contributed by atoms with Gasteiger partial charge in [0.2, 0.25) is 0 Å². The van der Waals surface area contributed by atoms with Gasteiger partial charge in [0.1, 0.15) is 5.82 Å². The maximum Gasteiger partial charge on any atom is 0.256 e. The maximum atomic E-state index is 13.9. The van der Waals surface area contributed by atoms with E-state index in [1.807, 2.05) is 0 Å². The Hall–Kier alpha value is -1.39. The van der Waals surface area contributed by atoms with Crippen molar-refractivity contribution in [2.24, 2.45) is 0 Å². The second-order valence-electron chi connectivity index (χ2n) is 4.14. The lowest BCUT2D eigenvalue weighted by Crippen LogP contribution is -2.28. The van der Waals surface area contributed by atoms with Crippen molar-refractivity contribution in [1.82, 2.24) is 4.90 Å². The predicted octanol–water partition coefficient (Wildman–Crippen LogP) is 5.04. The highest BCUT2D eigenvalue weighted by Gasteiger charge is 2.24. The minimum absolute atomic E-state index is 0.164. The second-order valence-corrected chi connectivity index (χ2v) is 4.98. The van der Waals surface area contributed by atoms with Gasteiger partial charge in [0.05, 0.1) is 23.0 Å². The molecule has 6 heteroatoms. The molecule has 2 rings (SSSR count). The van der Waals surface area contributed by atoms with Crippen LogP contribution in [0, 0.1) is 5.82 Å². The largest absolute Gasteiger partial charge is 0.334 e. The molecule has 1 aliphatic heterocycles. The van der Waals surface area contributed by atoms with Crippen molar-refractivity contribution in [2.45, 2.75) is 6.43 Å². The van der Waals surface area contributed by atoms with Crippen LogP contribution in [-0.2, 0) is 0 Å². The Morgan fingerprint density at radius 3 is 2.50 bits per heavy atom. The van der Waals surface area contributed by atoms with Crippen LogP contribution in [0.3, 0.4) is 0 Å². The van der Waals surface area contributed by atoms with Gasteiger partial charge in [-0.3, -0.25) is 0 Å². The number of hydrogen-bond acceptors (Lipinski definition) is 1. The van der Waals surface area contributed by atoms with E-state index in [2.05, 4.69) is 6.58 Å². The van der Waals surface area contributed by atoms with Crippen LogP contribution in [0.1, 0.15) is 5.56 Å². The van der Waals surface area contributed by atoms with Crippen molar-refractivity contribution in [3.63, 3.8) is 0 Å². The highest BCUT2D eigenvalue weighted by atomic mass is 35.5. The smallest absolute Gasteiger partial charge is 0.256 e. The molecule has 0 fully saturated rings. The number of hydrogen-bond donors (Lipinski definition) is 0. The van der Waals surface area contributed by atoms with Gasteiger partial charge in [-0.15, -0.1) is 0 Å². The lowest BCUT2D eigenvalue weighted by atomic mass is 10.1. The topological polar surface area (TPSA) is 3.24 Å². The summed E-state index contributed by atoms with van der Waals surface area (Å²) in [7, 11) is 0. The number of nitrogens with zero attached hydrogens (tertiary/aromatic N) is 1. The molecule has 0 unspecified atom stereocenters. The highest BCUT2D eigenvalue weighted by Crippen LogP contribution is 2.34. The summed E-state index contributed by atoms with van der Waals surface area (Å²) < 4.78 is 39.3. The van der Waals surface area contributed by atoms with Crippen LogP contribution in [0.25, 0.3) is 5.70 Å². The summed E-state index contributed by atoms with van der Waals surface area (Å²) in [6.45, 7) is 3.04. The van der Waals surface area contributed by atoms with Gasteiger partial charge in [-0.25, -0.2) is 13.2 Å². The summed E-state index contributed by atoms with van der Waals surface area (Å²) >= 11 is 11.6. The van der Waals surface area contributed by atoms with E-state index in [-0.39, 0.29) is 27.0 Å². The van der Waals surface area contributed by atoms with Crippen LogP contribution in [0.5, 0.6) is 0 Å². The summed E-state index contributed by atoms with van der Waals surface area (Å²) in [4.78, 5) is 1.19. The minimum Gasteiger partial charge on any atom is -0.334 e. The van der Waals surface area contributed by atoms with Crippen molar-refractivity contribution in [3.05, 3.63) is 64.1 Å². The van der Waals surface area contributed by atoms with Crippen molar-refractivity contribution in [2.75, 3.05) is 6.54 Å². The lowest BCUT2D eigenvalue weighted by Gasteiger charge is -2.31. The van der Waals surface area contributed by atoms with E-state index < -0.39 is 18.8 Å². The van der Waals surface area contributed by atoms with Crippen LogP contribution in [-0.4, -0.2) is 17.9 Å². The first kappa shape index (κ1) is 15.0. The SMILES string of the molecule is C=C1C(Cl)=CC=C(c2ccc(Cl)cc2F)N1CC(F)F. The fourth-order valence-electron chi connectivity index (χ4n) is 1.89. The Morgan fingerprint density at radius 2 is 1.90 bits per heavy atom. The number of allylic oxidation sites excluding steroid dienone is 3. The number of benzene rings is 1. The Bertz CT molecular complexity index is 608. The molecule has 106 valence electrons. The molecule has 0 aliphatic carbocycles. The first-order chi connectivity index (χ1) is 9.40. The van der Waals surface area contributed by atoms with Gasteiger partial charge in [-0.05, 0) is 30.4 Å². The molecule has 20 heavy (non-hydrogen) atoms. The molecule has 1 nitrogen and oxygen atoms in total. The van der Waals surface area contributed by atoms with Gasteiger partial charge in [0, 0.05) is 10.6 Å². The highest BCUT2D eigenvalue weighted by molar-refractivity contribution is 6.32. The van der Waals surface area contributed by atoms with Crippen molar-refractivity contribution >= 4 is 28.9 Å². The normalized spacial score (nSPS) is 15.5. The van der Waals surface area contributed by atoms with E-state index in [1.54, 1.807) is 0 Å². The van der Waals surface area contributed by atoms with Crippen molar-refractivity contribution in [1.29, 1.82) is 0 Å². The zero-order valence-electron chi connectivity index (χ0n) is 10.2. The molecule has 0 aromatic heterocycles. The van der Waals surface area contributed by atoms with Crippen LogP contribution >= 0.6 is 23.2 Å². The molecule has 1 aromatic carbocycles. The lowest BCUT2D eigenvalue weighted by molar-refractivity contribution is 0.123. The van der Waals surface area contributed by atoms with Crippen LogP contribution < -0.4 is 0 Å². The Kier molecular flexibility index (Phi) is 4.45. The van der Waals surface area contributed by atoms with E-state index >= 15 is 0 Å². The molecule has 0 N–H and O–H groups in total. The second kappa shape index (κ2) is 5.94. The fraction of sp³-hybridized carbons (Fsp3) is 0.143. The van der Waals surface area contributed by atoms with E-state index in [9.17, 15) is 13.2 Å². The molecule has 1 heterocycles. The van der Waals surface area contributed by atoms with Crippen LogP contribution in [0.2, 0.25) is 5.02 Å². The van der Waals surface area contributed by atoms with Gasteiger partial charge >= 0.3 is 0 Å². The van der Waals surface area contributed by atoms with E-state index in [0.29, 0.717) is 0 Å². The van der Waals surface area contributed by atoms with E-state index in [1.165, 1.54) is 29.2 Å². The Balaban J connectivity index is 2.48. The predicted molar refractivity (Wildman–Crippen MR) is 75.2 cm³/mol. The monoisotopic (exact) mass is 319 g/mol. The standard InChI is InChI=1S/C14H10Cl2F3N/c1-8-11(16)4-5-13(20(8)7-14(18)19)10-3-2-9(15)6-12(10)17/h2-6,14H,1,7H2. The molecule has 1 aliphatic rings. The quantitative estimate of drug-likeness (QED) is 0.754. The summed E-state index contributed by atoms with van der Waals surface area (Å²) in [6.07, 6.45) is 0.370. The summed E-state index contributed by atoms with van der Waals surface area (Å²) in [5, 5.41) is 0.472. The van der Waals surface area contributed by atoms with Crippen LogP contribution in [0.15, 0.2) is 47.7 Å². The zero-order chi connectivity index (χ0) is 14.9. The molecule has 0 spiro atoms. The number of alkyl halides is 2. The van der Waals surface area contributed by atoms with Gasteiger partial charge in [-0.1, -0.05) is 29.8 Å². The van der Waals surface area contributed by atoms with Gasteiger partial charge in [-0.2, -0.15) is 0 Å². The molecular formula is C14H10Cl2F3N. The molecule has 0 amide bonds. The summed E-state index contributed by atoms with van der Waals surface area (Å²) in [5.41, 5.74) is 0.643. The third kappa shape index (κ3) is 3.02. The molecule has 1 aromatic rings. The van der Waals surface area contributed by atoms with Crippen molar-refractivity contribution < 1.29 is 13.2 Å². The molecule has 0 saturated carbocycles. The Morgan fingerprint density at radius 1 is 1.20 bits per heavy atom. The van der Waals surface area contributed by atoms with Crippen LogP contribution in [0.4, 0.5) is 13.2 Å². The minimum atomic E-state index is -2.60. The van der Waals surface area contributed by atoms with E-state index in [4.69, 9.17) is 23.2 Å². The third-order valence-corrected chi connectivity index (χ3v) is 3.39. The Labute approximate surface area is 124 Å². The number of rotatable bonds is 3. The van der Waals surface area contributed by atoms with E-state index in [0.717, 1.165) is 6.07 Å². The summed E-state index contributed by atoms with van der Waals surface area (Å²) in [5.74, 6) is -0.595. The first-order valence-corrected chi connectivity index (χ1v) is 6.43. The van der Waals surface area contributed by atoms with Gasteiger partial charge in [0.15, 0.2) is 0 Å². The zero-order valence-corrected chi connectivity index (χ0v) is 11.7. The first-order valence-electron chi connectivity index (χ1n) is 5.68. The average Bonchev–Trinajstić information content (AvgIpc) is 2.36. The average molecular weight is 320 g/mol. The molecule has 0 radical (unpaired) electrons. The molecule has 0 atom stereocenters. The summed E-state index contributed by atoms with van der Waals surface area (Å²) in [6, 6.07) is 4.05. The molecule has 0 bridgehead atoms. The number of halogens is 5. The maximum absolute atomic E-state index is 13.9. The van der Waals surface area contributed by atoms with Gasteiger partial charge < -0.3 is 4.90 Å². The molecular weight excluding hydrogens is 310 g/mol. The molecule has 0 saturated heterocycles. The van der Waals surface area contributed by atoms with Gasteiger partial charge in [0.25, 0.3) is 6.43 Å². The fourth-order valence-corrected chi connectivity index (χ4v) is 2.22. The van der Waals surface area contributed by atoms with Crippen molar-refractivity contribution in [3.8, 4) is 0 Å².